The van der Waals surface area contributed by atoms with Crippen molar-refractivity contribution in [1.82, 2.24) is 0 Å². The molecule has 0 amide bonds. The number of hydrogen-bond donors (Lipinski definition) is 0. The van der Waals surface area contributed by atoms with E-state index < -0.39 is 0 Å². The number of rotatable bonds is 6. The molecule has 5 heteroatoms. The maximum Gasteiger partial charge on any atom is 0.163 e. The third-order valence-corrected chi connectivity index (χ3v) is 3.00. The molecule has 0 N–H and O–H groups in total. The van der Waals surface area contributed by atoms with E-state index in [-0.39, 0.29) is 12.1 Å². The smallest absolute Gasteiger partial charge is 0.163 e. The van der Waals surface area contributed by atoms with Crippen molar-refractivity contribution >= 4 is 5.78 Å². The molecular formula is C14H18O5. The summed E-state index contributed by atoms with van der Waals surface area (Å²) >= 11 is 0. The standard InChI is InChI=1S/C14H18O5/c1-16-12-5-3-10(9-13(12)17-2)11(15)4-6-14-18-7-8-19-14/h3,5,9,14H,4,6-8H2,1-2H3. The molecule has 0 unspecified atom stereocenters. The first kappa shape index (κ1) is 13.8. The van der Waals surface area contributed by atoms with Gasteiger partial charge in [-0.25, -0.2) is 0 Å². The van der Waals surface area contributed by atoms with Gasteiger partial charge in [0.2, 0.25) is 0 Å². The number of hydrogen-bond acceptors (Lipinski definition) is 5. The molecule has 0 aromatic heterocycles. The van der Waals surface area contributed by atoms with E-state index in [1.165, 1.54) is 0 Å². The van der Waals surface area contributed by atoms with Crippen LogP contribution in [0.5, 0.6) is 11.5 Å². The van der Waals surface area contributed by atoms with E-state index in [1.807, 2.05) is 0 Å². The van der Waals surface area contributed by atoms with Gasteiger partial charge in [0.1, 0.15) is 0 Å². The Hall–Kier alpha value is -1.59. The first-order valence-electron chi connectivity index (χ1n) is 6.23. The highest BCUT2D eigenvalue weighted by atomic mass is 16.7. The van der Waals surface area contributed by atoms with Crippen molar-refractivity contribution in [1.29, 1.82) is 0 Å². The van der Waals surface area contributed by atoms with Crippen molar-refractivity contribution in [2.24, 2.45) is 0 Å². The third-order valence-electron chi connectivity index (χ3n) is 3.00. The minimum Gasteiger partial charge on any atom is -0.493 e. The molecule has 0 radical (unpaired) electrons. The van der Waals surface area contributed by atoms with Gasteiger partial charge in [-0.2, -0.15) is 0 Å². The van der Waals surface area contributed by atoms with Crippen LogP contribution in [0.2, 0.25) is 0 Å². The number of Topliss-reactive ketones (excluding diaryl/α,β-unsaturated/α-hetero) is 1. The van der Waals surface area contributed by atoms with Crippen LogP contribution in [-0.2, 0) is 9.47 Å². The quantitative estimate of drug-likeness (QED) is 0.737. The van der Waals surface area contributed by atoms with Crippen LogP contribution >= 0.6 is 0 Å². The summed E-state index contributed by atoms with van der Waals surface area (Å²) in [4.78, 5) is 12.1. The Bertz CT molecular complexity index is 437. The molecule has 0 aliphatic carbocycles. The van der Waals surface area contributed by atoms with Crippen LogP contribution < -0.4 is 9.47 Å². The fraction of sp³-hybridized carbons (Fsp3) is 0.500. The first-order valence-corrected chi connectivity index (χ1v) is 6.23. The molecule has 19 heavy (non-hydrogen) atoms. The lowest BCUT2D eigenvalue weighted by Crippen LogP contribution is -2.10. The molecule has 0 atom stereocenters. The molecule has 2 rings (SSSR count). The van der Waals surface area contributed by atoms with Crippen LogP contribution in [0.4, 0.5) is 0 Å². The van der Waals surface area contributed by atoms with E-state index in [9.17, 15) is 4.79 Å². The monoisotopic (exact) mass is 266 g/mol. The Morgan fingerprint density at radius 2 is 1.89 bits per heavy atom. The molecule has 104 valence electrons. The van der Waals surface area contributed by atoms with E-state index in [2.05, 4.69) is 0 Å². The second kappa shape index (κ2) is 6.54. The normalized spacial score (nSPS) is 15.5. The van der Waals surface area contributed by atoms with Crippen LogP contribution in [-0.4, -0.2) is 39.5 Å². The molecular weight excluding hydrogens is 248 g/mol. The van der Waals surface area contributed by atoms with Gasteiger partial charge < -0.3 is 18.9 Å². The highest BCUT2D eigenvalue weighted by Crippen LogP contribution is 2.28. The van der Waals surface area contributed by atoms with Crippen molar-refractivity contribution < 1.29 is 23.7 Å². The van der Waals surface area contributed by atoms with E-state index in [4.69, 9.17) is 18.9 Å². The lowest BCUT2D eigenvalue weighted by Gasteiger charge is -2.10. The Balaban J connectivity index is 1.98. The Kier molecular flexibility index (Phi) is 4.76. The molecule has 1 heterocycles. The minimum absolute atomic E-state index is 0.0417. The SMILES string of the molecule is COc1ccc(C(=O)CCC2OCCO2)cc1OC. The van der Waals surface area contributed by atoms with Gasteiger partial charge in [-0.1, -0.05) is 0 Å². The van der Waals surface area contributed by atoms with Crippen LogP contribution in [0, 0.1) is 0 Å². The van der Waals surface area contributed by atoms with Gasteiger partial charge in [-0.05, 0) is 18.2 Å². The molecule has 0 bridgehead atoms. The van der Waals surface area contributed by atoms with Gasteiger partial charge in [0.05, 0.1) is 27.4 Å². The van der Waals surface area contributed by atoms with Crippen LogP contribution in [0.15, 0.2) is 18.2 Å². The van der Waals surface area contributed by atoms with Crippen LogP contribution in [0.25, 0.3) is 0 Å². The van der Waals surface area contributed by atoms with Crippen LogP contribution in [0.3, 0.4) is 0 Å². The van der Waals surface area contributed by atoms with E-state index in [1.54, 1.807) is 32.4 Å². The largest absolute Gasteiger partial charge is 0.493 e. The fourth-order valence-electron chi connectivity index (χ4n) is 1.98. The maximum atomic E-state index is 12.1. The molecule has 0 saturated carbocycles. The molecule has 1 aliphatic rings. The van der Waals surface area contributed by atoms with Gasteiger partial charge in [0.25, 0.3) is 0 Å². The number of carbonyl (C=O) groups excluding carboxylic acids is 1. The zero-order valence-corrected chi connectivity index (χ0v) is 11.2. The van der Waals surface area contributed by atoms with Gasteiger partial charge >= 0.3 is 0 Å². The lowest BCUT2D eigenvalue weighted by molar-refractivity contribution is -0.0464. The summed E-state index contributed by atoms with van der Waals surface area (Å²) in [6, 6.07) is 5.16. The van der Waals surface area contributed by atoms with Crippen LogP contribution in [0.1, 0.15) is 23.2 Å². The molecule has 1 saturated heterocycles. The number of ketones is 1. The number of ether oxygens (including phenoxy) is 4. The summed E-state index contributed by atoms with van der Waals surface area (Å²) < 4.78 is 20.9. The molecule has 0 spiro atoms. The predicted molar refractivity (Wildman–Crippen MR) is 68.8 cm³/mol. The van der Waals surface area contributed by atoms with Crippen molar-refractivity contribution in [3.8, 4) is 11.5 Å². The van der Waals surface area contributed by atoms with Crippen molar-refractivity contribution in [3.63, 3.8) is 0 Å². The molecule has 1 fully saturated rings. The van der Waals surface area contributed by atoms with E-state index in [0.29, 0.717) is 43.1 Å². The Morgan fingerprint density at radius 3 is 2.53 bits per heavy atom. The van der Waals surface area contributed by atoms with E-state index in [0.717, 1.165) is 0 Å². The number of benzene rings is 1. The van der Waals surface area contributed by atoms with E-state index >= 15 is 0 Å². The van der Waals surface area contributed by atoms with Gasteiger partial charge in [0, 0.05) is 18.4 Å². The van der Waals surface area contributed by atoms with Crippen molar-refractivity contribution in [2.45, 2.75) is 19.1 Å². The molecule has 5 nitrogen and oxygen atoms in total. The average molecular weight is 266 g/mol. The second-order valence-corrected chi connectivity index (χ2v) is 4.20. The minimum atomic E-state index is -0.246. The Labute approximate surface area is 112 Å². The fourth-order valence-corrected chi connectivity index (χ4v) is 1.98. The van der Waals surface area contributed by atoms with Crippen molar-refractivity contribution in [3.05, 3.63) is 23.8 Å². The first-order chi connectivity index (χ1) is 9.24. The highest BCUT2D eigenvalue weighted by molar-refractivity contribution is 5.96. The third kappa shape index (κ3) is 3.45. The summed E-state index contributed by atoms with van der Waals surface area (Å²) in [6.07, 6.45) is 0.719. The zero-order valence-electron chi connectivity index (χ0n) is 11.2. The van der Waals surface area contributed by atoms with Gasteiger partial charge in [-0.3, -0.25) is 4.79 Å². The van der Waals surface area contributed by atoms with Gasteiger partial charge in [-0.15, -0.1) is 0 Å². The second-order valence-electron chi connectivity index (χ2n) is 4.20. The zero-order chi connectivity index (χ0) is 13.7. The highest BCUT2D eigenvalue weighted by Gasteiger charge is 2.18. The summed E-state index contributed by atoms with van der Waals surface area (Å²) in [6.45, 7) is 1.21. The average Bonchev–Trinajstić information content (AvgIpc) is 2.97. The summed E-state index contributed by atoms with van der Waals surface area (Å²) in [7, 11) is 3.11. The summed E-state index contributed by atoms with van der Waals surface area (Å²) in [5.74, 6) is 1.21. The maximum absolute atomic E-state index is 12.1. The number of carbonyl (C=O) groups is 1. The molecule has 1 aliphatic heterocycles. The number of methoxy groups -OCH3 is 2. The topological polar surface area (TPSA) is 54.0 Å². The summed E-state index contributed by atoms with van der Waals surface area (Å²) in [5.41, 5.74) is 0.607. The lowest BCUT2D eigenvalue weighted by atomic mass is 10.1. The predicted octanol–water partition coefficient (Wildman–Crippen LogP) is 2.04. The van der Waals surface area contributed by atoms with Crippen molar-refractivity contribution in [2.75, 3.05) is 27.4 Å². The molecule has 1 aromatic carbocycles. The summed E-state index contributed by atoms with van der Waals surface area (Å²) in [5, 5.41) is 0. The van der Waals surface area contributed by atoms with Gasteiger partial charge in [0.15, 0.2) is 23.6 Å². The Morgan fingerprint density at radius 1 is 1.21 bits per heavy atom. The molecule has 1 aromatic rings.